The van der Waals surface area contributed by atoms with E-state index in [0.717, 1.165) is 12.0 Å². The molecule has 5 rings (SSSR count). The molecule has 2 aliphatic heterocycles. The van der Waals surface area contributed by atoms with Crippen molar-refractivity contribution in [2.75, 3.05) is 18.7 Å². The number of hydrogen-bond donors (Lipinski definition) is 1. The first-order chi connectivity index (χ1) is 14.2. The number of hydrogen-bond acceptors (Lipinski definition) is 8. The summed E-state index contributed by atoms with van der Waals surface area (Å²) in [6.07, 6.45) is 1.44. The van der Waals surface area contributed by atoms with Gasteiger partial charge in [0.15, 0.2) is 11.5 Å². The Bertz CT molecular complexity index is 1070. The zero-order chi connectivity index (χ0) is 19.8. The molecule has 1 fully saturated rings. The van der Waals surface area contributed by atoms with Crippen molar-refractivity contribution in [1.82, 2.24) is 15.1 Å². The maximum absolute atomic E-state index is 12.8. The van der Waals surface area contributed by atoms with E-state index in [4.69, 9.17) is 9.47 Å². The van der Waals surface area contributed by atoms with E-state index in [1.807, 2.05) is 29.6 Å². The van der Waals surface area contributed by atoms with Crippen molar-refractivity contribution in [3.8, 4) is 22.1 Å². The van der Waals surface area contributed by atoms with Gasteiger partial charge in [-0.15, -0.1) is 21.5 Å². The minimum Gasteiger partial charge on any atom is -0.454 e. The molecule has 148 valence electrons. The van der Waals surface area contributed by atoms with Gasteiger partial charge in [0.25, 0.3) is 5.91 Å². The van der Waals surface area contributed by atoms with Gasteiger partial charge in [0.1, 0.15) is 11.0 Å². The molecule has 1 aromatic carbocycles. The number of nitrogens with zero attached hydrogens (tertiary/aromatic N) is 3. The van der Waals surface area contributed by atoms with Crippen LogP contribution in [-0.4, -0.2) is 46.3 Å². The number of rotatable bonds is 4. The first-order valence-corrected chi connectivity index (χ1v) is 10.8. The van der Waals surface area contributed by atoms with Crippen LogP contribution in [-0.2, 0) is 4.79 Å². The number of ether oxygens (including phenoxy) is 2. The molecule has 1 atom stereocenters. The highest BCUT2D eigenvalue weighted by Gasteiger charge is 2.35. The number of thiophene rings is 1. The number of nitrogens with one attached hydrogen (secondary N) is 1. The van der Waals surface area contributed by atoms with Gasteiger partial charge in [-0.05, 0) is 42.5 Å². The minimum absolute atomic E-state index is 0.101. The average Bonchev–Trinajstić information content (AvgIpc) is 3.54. The van der Waals surface area contributed by atoms with E-state index < -0.39 is 6.04 Å². The fourth-order valence-corrected chi connectivity index (χ4v) is 4.85. The van der Waals surface area contributed by atoms with Gasteiger partial charge in [0, 0.05) is 12.1 Å². The number of carbonyl (C=O) groups is 2. The predicted octanol–water partition coefficient (Wildman–Crippen LogP) is 3.24. The van der Waals surface area contributed by atoms with E-state index in [-0.39, 0.29) is 18.6 Å². The Balaban J connectivity index is 1.29. The Morgan fingerprint density at radius 1 is 1.17 bits per heavy atom. The van der Waals surface area contributed by atoms with Crippen molar-refractivity contribution in [2.24, 2.45) is 0 Å². The second-order valence-corrected chi connectivity index (χ2v) is 8.53. The lowest BCUT2D eigenvalue weighted by Crippen LogP contribution is -2.42. The number of amides is 2. The lowest BCUT2D eigenvalue weighted by Gasteiger charge is -2.22. The third kappa shape index (κ3) is 3.45. The van der Waals surface area contributed by atoms with E-state index in [1.165, 1.54) is 22.7 Å². The lowest BCUT2D eigenvalue weighted by molar-refractivity contribution is -0.119. The standard InChI is InChI=1S/C19H16N4O4S2/c24-16(12-3-1-7-23(12)18(25)15-4-2-8-28-15)20-19-22-21-17(29-19)11-5-6-13-14(9-11)27-10-26-13/h2,4-6,8-9,12H,1,3,7,10H2,(H,20,22,24). The Kier molecular flexibility index (Phi) is 4.64. The fourth-order valence-electron chi connectivity index (χ4n) is 3.43. The fraction of sp³-hybridized carbons (Fsp3) is 0.263. The summed E-state index contributed by atoms with van der Waals surface area (Å²) in [5.74, 6) is 1.03. The molecule has 0 aliphatic carbocycles. The monoisotopic (exact) mass is 428 g/mol. The molecule has 2 aliphatic rings. The molecule has 4 heterocycles. The van der Waals surface area contributed by atoms with Crippen LogP contribution in [0.3, 0.4) is 0 Å². The molecule has 8 nitrogen and oxygen atoms in total. The molecule has 1 unspecified atom stereocenters. The number of likely N-dealkylation sites (tertiary alicyclic amines) is 1. The van der Waals surface area contributed by atoms with E-state index in [1.54, 1.807) is 11.0 Å². The summed E-state index contributed by atoms with van der Waals surface area (Å²) >= 11 is 2.66. The molecular weight excluding hydrogens is 412 g/mol. The molecule has 3 aromatic rings. The molecule has 1 N–H and O–H groups in total. The number of aromatic nitrogens is 2. The normalized spacial score (nSPS) is 17.5. The number of fused-ring (bicyclic) bond motifs is 1. The molecule has 29 heavy (non-hydrogen) atoms. The number of benzene rings is 1. The summed E-state index contributed by atoms with van der Waals surface area (Å²) in [5, 5.41) is 14.0. The van der Waals surface area contributed by atoms with E-state index in [9.17, 15) is 9.59 Å². The maximum atomic E-state index is 12.8. The Morgan fingerprint density at radius 3 is 2.93 bits per heavy atom. The number of carbonyl (C=O) groups excluding carboxylic acids is 2. The van der Waals surface area contributed by atoms with Crippen molar-refractivity contribution >= 4 is 39.6 Å². The van der Waals surface area contributed by atoms with Gasteiger partial charge in [-0.2, -0.15) is 0 Å². The van der Waals surface area contributed by atoms with Crippen molar-refractivity contribution < 1.29 is 19.1 Å². The molecule has 2 amide bonds. The highest BCUT2D eigenvalue weighted by molar-refractivity contribution is 7.18. The van der Waals surface area contributed by atoms with Gasteiger partial charge in [0.05, 0.1) is 4.88 Å². The first kappa shape index (κ1) is 18.1. The van der Waals surface area contributed by atoms with Crippen LogP contribution in [0.4, 0.5) is 5.13 Å². The molecule has 10 heteroatoms. The van der Waals surface area contributed by atoms with E-state index in [2.05, 4.69) is 15.5 Å². The molecule has 0 bridgehead atoms. The summed E-state index contributed by atoms with van der Waals surface area (Å²) in [6, 6.07) is 8.65. The summed E-state index contributed by atoms with van der Waals surface area (Å²) in [4.78, 5) is 27.7. The predicted molar refractivity (Wildman–Crippen MR) is 108 cm³/mol. The van der Waals surface area contributed by atoms with Gasteiger partial charge >= 0.3 is 0 Å². The number of anilines is 1. The molecule has 0 saturated carbocycles. The van der Waals surface area contributed by atoms with Crippen molar-refractivity contribution in [2.45, 2.75) is 18.9 Å². The molecule has 2 aromatic heterocycles. The smallest absolute Gasteiger partial charge is 0.264 e. The van der Waals surface area contributed by atoms with Crippen LogP contribution >= 0.6 is 22.7 Å². The highest BCUT2D eigenvalue weighted by atomic mass is 32.1. The van der Waals surface area contributed by atoms with Crippen molar-refractivity contribution in [3.63, 3.8) is 0 Å². The van der Waals surface area contributed by atoms with Crippen molar-refractivity contribution in [3.05, 3.63) is 40.6 Å². The molecule has 0 radical (unpaired) electrons. The molecule has 0 spiro atoms. The van der Waals surface area contributed by atoms with Crippen LogP contribution in [0.5, 0.6) is 11.5 Å². The second-order valence-electron chi connectivity index (χ2n) is 6.60. The van der Waals surface area contributed by atoms with Crippen LogP contribution in [0.25, 0.3) is 10.6 Å². The largest absolute Gasteiger partial charge is 0.454 e. The van der Waals surface area contributed by atoms with Crippen LogP contribution < -0.4 is 14.8 Å². The summed E-state index contributed by atoms with van der Waals surface area (Å²) in [7, 11) is 0. The highest BCUT2D eigenvalue weighted by Crippen LogP contribution is 2.37. The molecule has 1 saturated heterocycles. The Morgan fingerprint density at radius 2 is 2.07 bits per heavy atom. The van der Waals surface area contributed by atoms with Crippen LogP contribution in [0.15, 0.2) is 35.7 Å². The Labute approximate surface area is 174 Å². The molecular formula is C19H16N4O4S2. The van der Waals surface area contributed by atoms with Crippen LogP contribution in [0.2, 0.25) is 0 Å². The summed E-state index contributed by atoms with van der Waals surface area (Å²) in [6.45, 7) is 0.783. The SMILES string of the molecule is O=C(Nc1nnc(-c2ccc3c(c2)OCO3)s1)C1CCCN1C(=O)c1cccs1. The quantitative estimate of drug-likeness (QED) is 0.686. The Hall–Kier alpha value is -2.98. The van der Waals surface area contributed by atoms with Crippen LogP contribution in [0.1, 0.15) is 22.5 Å². The van der Waals surface area contributed by atoms with E-state index in [0.29, 0.717) is 39.5 Å². The maximum Gasteiger partial charge on any atom is 0.264 e. The minimum atomic E-state index is -0.498. The zero-order valence-corrected chi connectivity index (χ0v) is 16.8. The topological polar surface area (TPSA) is 93.7 Å². The first-order valence-electron chi connectivity index (χ1n) is 9.08. The van der Waals surface area contributed by atoms with Crippen LogP contribution in [0, 0.1) is 0 Å². The third-order valence-electron chi connectivity index (χ3n) is 4.82. The third-order valence-corrected chi connectivity index (χ3v) is 6.57. The van der Waals surface area contributed by atoms with Gasteiger partial charge in [0.2, 0.25) is 17.8 Å². The van der Waals surface area contributed by atoms with Gasteiger partial charge < -0.3 is 14.4 Å². The van der Waals surface area contributed by atoms with Gasteiger partial charge in [-0.1, -0.05) is 17.4 Å². The van der Waals surface area contributed by atoms with Gasteiger partial charge in [-0.25, -0.2) is 0 Å². The second kappa shape index (κ2) is 7.45. The summed E-state index contributed by atoms with van der Waals surface area (Å²) in [5.41, 5.74) is 0.836. The average molecular weight is 428 g/mol. The lowest BCUT2D eigenvalue weighted by atomic mass is 10.2. The van der Waals surface area contributed by atoms with Crippen molar-refractivity contribution in [1.29, 1.82) is 0 Å². The zero-order valence-electron chi connectivity index (χ0n) is 15.2. The summed E-state index contributed by atoms with van der Waals surface area (Å²) < 4.78 is 10.7. The van der Waals surface area contributed by atoms with Gasteiger partial charge in [-0.3, -0.25) is 14.9 Å². The van der Waals surface area contributed by atoms with E-state index >= 15 is 0 Å².